The zero-order valence-corrected chi connectivity index (χ0v) is 15.4. The number of hydrogen-bond donors (Lipinski definition) is 1. The fourth-order valence-corrected chi connectivity index (χ4v) is 3.09. The third kappa shape index (κ3) is 4.67. The van der Waals surface area contributed by atoms with E-state index >= 15 is 4.39 Å². The number of rotatable bonds is 8. The third-order valence-electron chi connectivity index (χ3n) is 4.43. The van der Waals surface area contributed by atoms with Crippen LogP contribution < -0.4 is 10.5 Å². The molecule has 29 heavy (non-hydrogen) atoms. The molecule has 0 heterocycles. The van der Waals surface area contributed by atoms with Crippen molar-refractivity contribution in [2.45, 2.75) is 31.8 Å². The fourth-order valence-electron chi connectivity index (χ4n) is 3.09. The minimum absolute atomic E-state index is 0.0128. The number of benzene rings is 2. The first-order chi connectivity index (χ1) is 13.8. The summed E-state index contributed by atoms with van der Waals surface area (Å²) in [6.07, 6.45) is 1.17. The Morgan fingerprint density at radius 3 is 2.55 bits per heavy atom. The number of hydrogen-bond acceptors (Lipinski definition) is 4. The number of carbonyl (C=O) groups is 1. The maximum absolute atomic E-state index is 15.0. The van der Waals surface area contributed by atoms with Crippen LogP contribution in [0.3, 0.4) is 0 Å². The molecular weight excluding hydrogens is 392 g/mol. The van der Waals surface area contributed by atoms with Gasteiger partial charge in [0, 0.05) is 5.56 Å². The molecule has 1 saturated carbocycles. The Kier molecular flexibility index (Phi) is 6.05. The molecule has 0 bridgehead atoms. The molecule has 154 valence electrons. The van der Waals surface area contributed by atoms with E-state index in [1.807, 2.05) is 0 Å². The number of nitrogens with two attached hydrogens (primary N) is 1. The maximum Gasteiger partial charge on any atom is 0.387 e. The van der Waals surface area contributed by atoms with Crippen LogP contribution in [-0.4, -0.2) is 25.3 Å². The number of oxime groups is 1. The third-order valence-corrected chi connectivity index (χ3v) is 4.43. The Balaban J connectivity index is 2.18. The second-order valence-electron chi connectivity index (χ2n) is 6.59. The van der Waals surface area contributed by atoms with E-state index in [2.05, 4.69) is 9.89 Å². The van der Waals surface area contributed by atoms with Crippen molar-refractivity contribution in [2.24, 2.45) is 10.9 Å². The van der Waals surface area contributed by atoms with Gasteiger partial charge < -0.3 is 15.3 Å². The van der Waals surface area contributed by atoms with Gasteiger partial charge >= 0.3 is 6.61 Å². The van der Waals surface area contributed by atoms with Crippen molar-refractivity contribution in [1.82, 2.24) is 0 Å². The average Bonchev–Trinajstić information content (AvgIpc) is 3.48. The van der Waals surface area contributed by atoms with Crippen LogP contribution in [0.25, 0.3) is 0 Å². The minimum Gasteiger partial charge on any atom is -0.434 e. The SMILES string of the molecule is CO/N=C(\c1cccc(CC(N)=O)c1)c1c(OC(F)F)cc(C2CC2)c(F)c1F. The highest BCUT2D eigenvalue weighted by molar-refractivity contribution is 6.14. The Labute approximate surface area is 164 Å². The molecule has 0 atom stereocenters. The minimum atomic E-state index is -3.25. The van der Waals surface area contributed by atoms with Crippen molar-refractivity contribution < 1.29 is 31.9 Å². The zero-order valence-electron chi connectivity index (χ0n) is 15.4. The molecule has 0 aromatic heterocycles. The van der Waals surface area contributed by atoms with Gasteiger partial charge in [-0.1, -0.05) is 23.4 Å². The number of alkyl halides is 2. The predicted molar refractivity (Wildman–Crippen MR) is 97.0 cm³/mol. The standard InChI is InChI=1S/C20H18F4N2O3/c1-28-26-19(12-4-2-3-10(7-12)8-15(25)27)16-14(29-20(23)24)9-13(11-5-6-11)17(21)18(16)22/h2-4,7,9,11,20H,5-6,8H2,1H3,(H2,25,27)/b26-19+. The zero-order chi connectivity index (χ0) is 21.1. The lowest BCUT2D eigenvalue weighted by Crippen LogP contribution is -2.16. The van der Waals surface area contributed by atoms with Crippen LogP contribution in [0.15, 0.2) is 35.5 Å². The van der Waals surface area contributed by atoms with Crippen LogP contribution in [-0.2, 0) is 16.1 Å². The summed E-state index contributed by atoms with van der Waals surface area (Å²) >= 11 is 0. The molecule has 1 amide bonds. The lowest BCUT2D eigenvalue weighted by molar-refractivity contribution is -0.117. The molecule has 5 nitrogen and oxygen atoms in total. The molecule has 1 aliphatic carbocycles. The van der Waals surface area contributed by atoms with Gasteiger partial charge in [-0.25, -0.2) is 8.78 Å². The van der Waals surface area contributed by atoms with Gasteiger partial charge in [-0.3, -0.25) is 4.79 Å². The van der Waals surface area contributed by atoms with Crippen LogP contribution in [0, 0.1) is 11.6 Å². The Morgan fingerprint density at radius 1 is 1.24 bits per heavy atom. The second kappa shape index (κ2) is 8.50. The molecule has 9 heteroatoms. The number of amides is 1. The highest BCUT2D eigenvalue weighted by Crippen LogP contribution is 2.44. The normalized spacial score (nSPS) is 14.2. The number of nitrogens with zero attached hydrogens (tertiary/aromatic N) is 1. The molecule has 2 aromatic carbocycles. The van der Waals surface area contributed by atoms with Gasteiger partial charge in [0.25, 0.3) is 0 Å². The maximum atomic E-state index is 15.0. The van der Waals surface area contributed by atoms with E-state index in [4.69, 9.17) is 10.6 Å². The van der Waals surface area contributed by atoms with Crippen LogP contribution in [0.4, 0.5) is 17.6 Å². The molecule has 0 saturated heterocycles. The first-order valence-electron chi connectivity index (χ1n) is 8.77. The lowest BCUT2D eigenvalue weighted by atomic mass is 9.96. The molecule has 0 spiro atoms. The van der Waals surface area contributed by atoms with Gasteiger partial charge in [0.2, 0.25) is 5.91 Å². The van der Waals surface area contributed by atoms with Crippen molar-refractivity contribution in [1.29, 1.82) is 0 Å². The monoisotopic (exact) mass is 410 g/mol. The second-order valence-corrected chi connectivity index (χ2v) is 6.59. The average molecular weight is 410 g/mol. The summed E-state index contributed by atoms with van der Waals surface area (Å²) in [4.78, 5) is 15.9. The van der Waals surface area contributed by atoms with Gasteiger partial charge in [0.1, 0.15) is 18.6 Å². The van der Waals surface area contributed by atoms with Crippen molar-refractivity contribution in [3.8, 4) is 5.75 Å². The first kappa shape index (κ1) is 20.6. The molecule has 1 fully saturated rings. The predicted octanol–water partition coefficient (Wildman–Crippen LogP) is 3.87. The van der Waals surface area contributed by atoms with Crippen LogP contribution in [0.1, 0.15) is 41.0 Å². The molecule has 2 N–H and O–H groups in total. The van der Waals surface area contributed by atoms with Gasteiger partial charge in [-0.05, 0) is 42.0 Å². The Bertz CT molecular complexity index is 959. The van der Waals surface area contributed by atoms with Crippen LogP contribution in [0.2, 0.25) is 0 Å². The largest absolute Gasteiger partial charge is 0.434 e. The van der Waals surface area contributed by atoms with E-state index in [1.165, 1.54) is 19.2 Å². The van der Waals surface area contributed by atoms with Crippen molar-refractivity contribution in [3.05, 3.63) is 64.2 Å². The quantitative estimate of drug-likeness (QED) is 0.408. The molecule has 2 aromatic rings. The summed E-state index contributed by atoms with van der Waals surface area (Å²) in [6.45, 7) is -3.25. The highest BCUT2D eigenvalue weighted by atomic mass is 19.3. The van der Waals surface area contributed by atoms with E-state index in [1.54, 1.807) is 12.1 Å². The number of primary amides is 1. The summed E-state index contributed by atoms with van der Waals surface area (Å²) in [5.41, 5.74) is 5.01. The molecule has 3 rings (SSSR count). The summed E-state index contributed by atoms with van der Waals surface area (Å²) in [6, 6.07) is 7.17. The summed E-state index contributed by atoms with van der Waals surface area (Å²) in [5.74, 6) is -3.88. The molecular formula is C20H18F4N2O3. The molecule has 1 aliphatic rings. The smallest absolute Gasteiger partial charge is 0.387 e. The number of carbonyl (C=O) groups excluding carboxylic acids is 1. The summed E-state index contributed by atoms with van der Waals surface area (Å²) in [7, 11) is 1.17. The van der Waals surface area contributed by atoms with E-state index in [9.17, 15) is 18.0 Å². The number of halogens is 4. The molecule has 0 aliphatic heterocycles. The Morgan fingerprint density at radius 2 is 1.97 bits per heavy atom. The van der Waals surface area contributed by atoms with Gasteiger partial charge in [0.15, 0.2) is 11.6 Å². The Hall–Kier alpha value is -3.10. The van der Waals surface area contributed by atoms with Crippen molar-refractivity contribution in [2.75, 3.05) is 7.11 Å². The van der Waals surface area contributed by atoms with E-state index in [0.717, 1.165) is 6.07 Å². The topological polar surface area (TPSA) is 73.9 Å². The van der Waals surface area contributed by atoms with Crippen LogP contribution in [0.5, 0.6) is 5.75 Å². The first-order valence-corrected chi connectivity index (χ1v) is 8.77. The highest BCUT2D eigenvalue weighted by Gasteiger charge is 2.33. The van der Waals surface area contributed by atoms with Gasteiger partial charge in [-0.15, -0.1) is 0 Å². The summed E-state index contributed by atoms with van der Waals surface area (Å²) in [5, 5.41) is 3.71. The summed E-state index contributed by atoms with van der Waals surface area (Å²) < 4.78 is 60.1. The van der Waals surface area contributed by atoms with Gasteiger partial charge in [-0.2, -0.15) is 8.78 Å². The molecule has 0 unspecified atom stereocenters. The van der Waals surface area contributed by atoms with E-state index in [0.29, 0.717) is 18.4 Å². The number of ether oxygens (including phenoxy) is 1. The van der Waals surface area contributed by atoms with E-state index in [-0.39, 0.29) is 29.2 Å². The van der Waals surface area contributed by atoms with E-state index < -0.39 is 35.5 Å². The molecule has 0 radical (unpaired) electrons. The van der Waals surface area contributed by atoms with Crippen molar-refractivity contribution >= 4 is 11.6 Å². The van der Waals surface area contributed by atoms with Crippen LogP contribution >= 0.6 is 0 Å². The van der Waals surface area contributed by atoms with Crippen molar-refractivity contribution in [3.63, 3.8) is 0 Å². The lowest BCUT2D eigenvalue weighted by Gasteiger charge is -2.16. The van der Waals surface area contributed by atoms with Gasteiger partial charge in [0.05, 0.1) is 12.0 Å². The fraction of sp³-hybridized carbons (Fsp3) is 0.300.